The molecular formula is C18H17NO2. The fraction of sp³-hybridized carbons (Fsp3) is 0.111. The second kappa shape index (κ2) is 7.20. The van der Waals surface area contributed by atoms with E-state index in [1.165, 1.54) is 0 Å². The largest absolute Gasteiger partial charge is 0.325 e. The van der Waals surface area contributed by atoms with Gasteiger partial charge in [-0.1, -0.05) is 54.6 Å². The maximum absolute atomic E-state index is 12.5. The molecule has 1 amide bonds. The average Bonchev–Trinajstić information content (AvgIpc) is 2.53. The van der Waals surface area contributed by atoms with E-state index in [1.54, 1.807) is 42.5 Å². The van der Waals surface area contributed by atoms with Crippen molar-refractivity contribution in [1.82, 2.24) is 0 Å². The molecule has 3 nitrogen and oxygen atoms in total. The first kappa shape index (κ1) is 14.7. The smallest absolute Gasteiger partial charge is 0.235 e. The minimum absolute atomic E-state index is 0.191. The molecule has 0 aliphatic carbocycles. The maximum atomic E-state index is 12.5. The molecule has 1 N–H and O–H groups in total. The van der Waals surface area contributed by atoms with Gasteiger partial charge in [-0.25, -0.2) is 0 Å². The molecule has 0 spiro atoms. The molecule has 0 heterocycles. The van der Waals surface area contributed by atoms with Gasteiger partial charge in [0, 0.05) is 11.3 Å². The van der Waals surface area contributed by atoms with Crippen LogP contribution in [0.5, 0.6) is 0 Å². The summed E-state index contributed by atoms with van der Waals surface area (Å²) >= 11 is 0. The molecule has 0 radical (unpaired) electrons. The molecule has 1 unspecified atom stereocenters. The fourth-order valence-electron chi connectivity index (χ4n) is 2.05. The fourth-order valence-corrected chi connectivity index (χ4v) is 2.05. The van der Waals surface area contributed by atoms with Crippen molar-refractivity contribution in [1.29, 1.82) is 0 Å². The molecule has 1 atom stereocenters. The third kappa shape index (κ3) is 3.89. The van der Waals surface area contributed by atoms with Gasteiger partial charge in [-0.05, 0) is 18.6 Å². The van der Waals surface area contributed by atoms with Gasteiger partial charge in [0.1, 0.15) is 5.92 Å². The molecule has 2 aromatic rings. The van der Waals surface area contributed by atoms with E-state index in [9.17, 15) is 9.59 Å². The summed E-state index contributed by atoms with van der Waals surface area (Å²) in [5, 5.41) is 2.77. The van der Waals surface area contributed by atoms with E-state index >= 15 is 0 Å². The molecule has 0 fully saturated rings. The van der Waals surface area contributed by atoms with E-state index in [4.69, 9.17) is 0 Å². The first-order valence-electron chi connectivity index (χ1n) is 6.78. The second-order valence-electron chi connectivity index (χ2n) is 4.66. The van der Waals surface area contributed by atoms with Crippen LogP contribution in [0.2, 0.25) is 0 Å². The number of amides is 1. The van der Waals surface area contributed by atoms with E-state index in [2.05, 4.69) is 11.9 Å². The molecule has 0 aromatic heterocycles. The number of nitrogens with one attached hydrogen (secondary N) is 1. The number of ketones is 1. The summed E-state index contributed by atoms with van der Waals surface area (Å²) in [7, 11) is 0. The Bertz CT molecular complexity index is 620. The number of carbonyl (C=O) groups excluding carboxylic acids is 2. The molecule has 2 aromatic carbocycles. The molecule has 0 bridgehead atoms. The van der Waals surface area contributed by atoms with Crippen molar-refractivity contribution in [2.45, 2.75) is 6.42 Å². The highest BCUT2D eigenvalue weighted by Crippen LogP contribution is 2.16. The predicted octanol–water partition coefficient (Wildman–Crippen LogP) is 3.70. The lowest BCUT2D eigenvalue weighted by atomic mass is 9.93. The van der Waals surface area contributed by atoms with Gasteiger partial charge in [0.2, 0.25) is 5.91 Å². The zero-order chi connectivity index (χ0) is 15.1. The van der Waals surface area contributed by atoms with Gasteiger partial charge in [-0.3, -0.25) is 9.59 Å². The van der Waals surface area contributed by atoms with Gasteiger partial charge < -0.3 is 5.32 Å². The van der Waals surface area contributed by atoms with Crippen LogP contribution in [0.3, 0.4) is 0 Å². The Morgan fingerprint density at radius 3 is 2.14 bits per heavy atom. The average molecular weight is 279 g/mol. The van der Waals surface area contributed by atoms with E-state index in [0.717, 1.165) is 0 Å². The first-order chi connectivity index (χ1) is 10.2. The minimum Gasteiger partial charge on any atom is -0.325 e. The lowest BCUT2D eigenvalue weighted by molar-refractivity contribution is -0.118. The number of hydrogen-bond acceptors (Lipinski definition) is 2. The quantitative estimate of drug-likeness (QED) is 0.498. The van der Waals surface area contributed by atoms with Crippen molar-refractivity contribution >= 4 is 17.4 Å². The Kier molecular flexibility index (Phi) is 5.04. The van der Waals surface area contributed by atoms with Crippen molar-refractivity contribution in [3.63, 3.8) is 0 Å². The van der Waals surface area contributed by atoms with Gasteiger partial charge in [0.05, 0.1) is 0 Å². The first-order valence-corrected chi connectivity index (χ1v) is 6.78. The SMILES string of the molecule is C=CCC(C(=O)Nc1ccccc1)C(=O)c1ccccc1. The van der Waals surface area contributed by atoms with Gasteiger partial charge >= 0.3 is 0 Å². The van der Waals surface area contributed by atoms with Gasteiger partial charge in [0.25, 0.3) is 0 Å². The standard InChI is InChI=1S/C18H17NO2/c1-2-9-16(17(20)14-10-5-3-6-11-14)18(21)19-15-12-7-4-8-13-15/h2-8,10-13,16H,1,9H2,(H,19,21). The predicted molar refractivity (Wildman–Crippen MR) is 84.1 cm³/mol. The Labute approximate surface area is 124 Å². The van der Waals surface area contributed by atoms with Crippen LogP contribution in [0.15, 0.2) is 73.3 Å². The summed E-state index contributed by atoms with van der Waals surface area (Å²) in [6.45, 7) is 3.63. The van der Waals surface area contributed by atoms with Crippen molar-refractivity contribution in [2.24, 2.45) is 5.92 Å². The Hall–Kier alpha value is -2.68. The monoisotopic (exact) mass is 279 g/mol. The van der Waals surface area contributed by atoms with Crippen LogP contribution in [0, 0.1) is 5.92 Å². The lowest BCUT2D eigenvalue weighted by Gasteiger charge is -2.14. The number of anilines is 1. The number of benzene rings is 2. The van der Waals surface area contributed by atoms with E-state index in [1.807, 2.05) is 24.3 Å². The number of allylic oxidation sites excluding steroid dienone is 1. The van der Waals surface area contributed by atoms with E-state index < -0.39 is 5.92 Å². The highest BCUT2D eigenvalue weighted by molar-refractivity contribution is 6.13. The summed E-state index contributed by atoms with van der Waals surface area (Å²) in [5.74, 6) is -1.26. The number of rotatable bonds is 6. The van der Waals surface area contributed by atoms with Crippen LogP contribution < -0.4 is 5.32 Å². The van der Waals surface area contributed by atoms with Crippen LogP contribution >= 0.6 is 0 Å². The topological polar surface area (TPSA) is 46.2 Å². The molecule has 0 aliphatic heterocycles. The zero-order valence-electron chi connectivity index (χ0n) is 11.7. The molecule has 21 heavy (non-hydrogen) atoms. The summed E-state index contributed by atoms with van der Waals surface area (Å²) in [5.41, 5.74) is 1.21. The van der Waals surface area contributed by atoms with E-state index in [-0.39, 0.29) is 11.7 Å². The third-order valence-electron chi connectivity index (χ3n) is 3.13. The number of Topliss-reactive ketones (excluding diaryl/α,β-unsaturated/α-hetero) is 1. The van der Waals surface area contributed by atoms with Crippen LogP contribution in [-0.2, 0) is 4.79 Å². The third-order valence-corrected chi connectivity index (χ3v) is 3.13. The Morgan fingerprint density at radius 1 is 1.00 bits per heavy atom. The molecule has 0 saturated carbocycles. The van der Waals surface area contributed by atoms with Gasteiger partial charge in [-0.15, -0.1) is 6.58 Å². The lowest BCUT2D eigenvalue weighted by Crippen LogP contribution is -2.29. The number of para-hydroxylation sites is 1. The van der Waals surface area contributed by atoms with Crippen molar-refractivity contribution in [3.05, 3.63) is 78.9 Å². The number of hydrogen-bond donors (Lipinski definition) is 1. The van der Waals surface area contributed by atoms with E-state index in [0.29, 0.717) is 17.7 Å². The van der Waals surface area contributed by atoms with Gasteiger partial charge in [0.15, 0.2) is 5.78 Å². The zero-order valence-corrected chi connectivity index (χ0v) is 11.7. The highest BCUT2D eigenvalue weighted by Gasteiger charge is 2.26. The highest BCUT2D eigenvalue weighted by atomic mass is 16.2. The van der Waals surface area contributed by atoms with Crippen molar-refractivity contribution in [2.75, 3.05) is 5.32 Å². The number of carbonyl (C=O) groups is 2. The van der Waals surface area contributed by atoms with Crippen molar-refractivity contribution in [3.8, 4) is 0 Å². The second-order valence-corrected chi connectivity index (χ2v) is 4.66. The normalized spacial score (nSPS) is 11.4. The minimum atomic E-state index is -0.759. The van der Waals surface area contributed by atoms with Crippen LogP contribution in [0.25, 0.3) is 0 Å². The summed E-state index contributed by atoms with van der Waals surface area (Å²) in [6.07, 6.45) is 1.91. The Balaban J connectivity index is 2.16. The summed E-state index contributed by atoms with van der Waals surface area (Å²) in [4.78, 5) is 24.8. The molecule has 106 valence electrons. The summed E-state index contributed by atoms with van der Waals surface area (Å²) in [6, 6.07) is 17.9. The van der Waals surface area contributed by atoms with Crippen LogP contribution in [0.4, 0.5) is 5.69 Å². The molecule has 0 saturated heterocycles. The van der Waals surface area contributed by atoms with Crippen LogP contribution in [0.1, 0.15) is 16.8 Å². The molecule has 3 heteroatoms. The molecular weight excluding hydrogens is 262 g/mol. The maximum Gasteiger partial charge on any atom is 0.235 e. The Morgan fingerprint density at radius 2 is 1.57 bits per heavy atom. The van der Waals surface area contributed by atoms with Gasteiger partial charge in [-0.2, -0.15) is 0 Å². The van der Waals surface area contributed by atoms with Crippen LogP contribution in [-0.4, -0.2) is 11.7 Å². The van der Waals surface area contributed by atoms with Crippen molar-refractivity contribution < 1.29 is 9.59 Å². The molecule has 2 rings (SSSR count). The molecule has 0 aliphatic rings. The summed E-state index contributed by atoms with van der Waals surface area (Å²) < 4.78 is 0.